The molecule has 0 spiro atoms. The second-order valence-electron chi connectivity index (χ2n) is 5.23. The van der Waals surface area contributed by atoms with E-state index in [0.29, 0.717) is 6.04 Å². The number of halogens is 1. The number of hydrogen-bond acceptors (Lipinski definition) is 2. The molecule has 1 aromatic heterocycles. The molecule has 1 aromatic carbocycles. The van der Waals surface area contributed by atoms with Crippen molar-refractivity contribution in [2.24, 2.45) is 0 Å². The first-order valence-electron chi connectivity index (χ1n) is 7.09. The van der Waals surface area contributed by atoms with Crippen LogP contribution in [0.3, 0.4) is 0 Å². The van der Waals surface area contributed by atoms with Crippen molar-refractivity contribution < 1.29 is 0 Å². The first kappa shape index (κ1) is 15.1. The fourth-order valence-electron chi connectivity index (χ4n) is 2.32. The fraction of sp³-hybridized carbons (Fsp3) is 0.438. The number of rotatable bonds is 5. The fourth-order valence-corrected chi connectivity index (χ4v) is 2.58. The van der Waals surface area contributed by atoms with E-state index in [4.69, 9.17) is 11.6 Å². The molecule has 0 bridgehead atoms. The Morgan fingerprint density at radius 3 is 2.60 bits per heavy atom. The van der Waals surface area contributed by atoms with Gasteiger partial charge in [0, 0.05) is 11.7 Å². The molecule has 0 aliphatic rings. The summed E-state index contributed by atoms with van der Waals surface area (Å²) in [6.45, 7) is 9.36. The van der Waals surface area contributed by atoms with Gasteiger partial charge in [0.15, 0.2) is 0 Å². The summed E-state index contributed by atoms with van der Waals surface area (Å²) >= 11 is 6.43. The Bertz CT molecular complexity index is 589. The van der Waals surface area contributed by atoms with Crippen molar-refractivity contribution in [2.75, 3.05) is 6.54 Å². The van der Waals surface area contributed by atoms with Gasteiger partial charge in [-0.25, -0.2) is 4.68 Å². The topological polar surface area (TPSA) is 29.9 Å². The average molecular weight is 292 g/mol. The molecule has 0 fully saturated rings. The molecular weight excluding hydrogens is 270 g/mol. The highest BCUT2D eigenvalue weighted by atomic mass is 35.5. The van der Waals surface area contributed by atoms with Gasteiger partial charge in [-0.2, -0.15) is 5.10 Å². The van der Waals surface area contributed by atoms with E-state index in [-0.39, 0.29) is 0 Å². The highest BCUT2D eigenvalue weighted by molar-refractivity contribution is 6.32. The van der Waals surface area contributed by atoms with E-state index >= 15 is 0 Å². The first-order chi connectivity index (χ1) is 9.52. The zero-order chi connectivity index (χ0) is 14.7. The Labute approximate surface area is 126 Å². The Morgan fingerprint density at radius 1 is 1.30 bits per heavy atom. The zero-order valence-electron chi connectivity index (χ0n) is 12.6. The highest BCUT2D eigenvalue weighted by Gasteiger charge is 2.11. The number of aryl methyl sites for hydroxylation is 2. The van der Waals surface area contributed by atoms with E-state index in [0.717, 1.165) is 35.1 Å². The van der Waals surface area contributed by atoms with Gasteiger partial charge in [-0.1, -0.05) is 24.6 Å². The number of hydrogen-bond donors (Lipinski definition) is 1. The van der Waals surface area contributed by atoms with E-state index in [1.165, 1.54) is 5.56 Å². The molecule has 108 valence electrons. The van der Waals surface area contributed by atoms with E-state index in [1.807, 2.05) is 30.7 Å². The summed E-state index contributed by atoms with van der Waals surface area (Å²) < 4.78 is 1.89. The van der Waals surface area contributed by atoms with Crippen molar-refractivity contribution in [2.45, 2.75) is 40.2 Å². The summed E-state index contributed by atoms with van der Waals surface area (Å²) in [5.41, 5.74) is 4.23. The molecule has 1 N–H and O–H groups in total. The minimum absolute atomic E-state index is 0.307. The molecule has 1 unspecified atom stereocenters. The molecule has 0 radical (unpaired) electrons. The third-order valence-corrected chi connectivity index (χ3v) is 3.71. The monoisotopic (exact) mass is 291 g/mol. The predicted molar refractivity (Wildman–Crippen MR) is 84.8 cm³/mol. The van der Waals surface area contributed by atoms with Crippen LogP contribution in [0.25, 0.3) is 5.69 Å². The van der Waals surface area contributed by atoms with Crippen molar-refractivity contribution in [3.63, 3.8) is 0 Å². The van der Waals surface area contributed by atoms with Crippen molar-refractivity contribution in [1.82, 2.24) is 15.1 Å². The number of nitrogens with one attached hydrogen (secondary N) is 1. The third kappa shape index (κ3) is 3.22. The minimum Gasteiger partial charge on any atom is -0.310 e. The molecule has 3 nitrogen and oxygen atoms in total. The zero-order valence-corrected chi connectivity index (χ0v) is 13.3. The summed E-state index contributed by atoms with van der Waals surface area (Å²) in [4.78, 5) is 0. The normalized spacial score (nSPS) is 12.7. The lowest BCUT2D eigenvalue weighted by atomic mass is 10.1. The molecular formula is C16H22ClN3. The van der Waals surface area contributed by atoms with Crippen molar-refractivity contribution in [3.8, 4) is 5.69 Å². The van der Waals surface area contributed by atoms with Crippen LogP contribution >= 0.6 is 11.6 Å². The molecule has 1 atom stereocenters. The van der Waals surface area contributed by atoms with Crippen LogP contribution in [0.5, 0.6) is 0 Å². The molecule has 0 saturated carbocycles. The number of aromatic nitrogens is 2. The van der Waals surface area contributed by atoms with Crippen molar-refractivity contribution >= 4 is 11.6 Å². The van der Waals surface area contributed by atoms with E-state index in [9.17, 15) is 0 Å². The smallest absolute Gasteiger partial charge is 0.0835 e. The Balaban J connectivity index is 2.28. The summed E-state index contributed by atoms with van der Waals surface area (Å²) in [6.07, 6.45) is 1.13. The van der Waals surface area contributed by atoms with Gasteiger partial charge >= 0.3 is 0 Å². The van der Waals surface area contributed by atoms with Crippen LogP contribution in [0.2, 0.25) is 5.02 Å². The van der Waals surface area contributed by atoms with Gasteiger partial charge in [0.2, 0.25) is 0 Å². The molecule has 0 aliphatic carbocycles. The Hall–Kier alpha value is -1.32. The third-order valence-electron chi connectivity index (χ3n) is 3.41. The molecule has 2 rings (SSSR count). The van der Waals surface area contributed by atoms with E-state index < -0.39 is 0 Å². The highest BCUT2D eigenvalue weighted by Crippen LogP contribution is 2.25. The van der Waals surface area contributed by atoms with Crippen LogP contribution in [-0.2, 0) is 0 Å². The Kier molecular flexibility index (Phi) is 4.84. The molecule has 0 aliphatic heterocycles. The van der Waals surface area contributed by atoms with E-state index in [2.05, 4.69) is 36.4 Å². The lowest BCUT2D eigenvalue weighted by Gasteiger charge is -2.15. The molecule has 1 heterocycles. The summed E-state index contributed by atoms with van der Waals surface area (Å²) in [6, 6.07) is 8.55. The minimum atomic E-state index is 0.307. The second-order valence-corrected chi connectivity index (χ2v) is 5.63. The van der Waals surface area contributed by atoms with Crippen molar-refractivity contribution in [3.05, 3.63) is 46.2 Å². The van der Waals surface area contributed by atoms with E-state index in [1.54, 1.807) is 0 Å². The van der Waals surface area contributed by atoms with Gasteiger partial charge < -0.3 is 5.32 Å². The number of benzene rings is 1. The summed E-state index contributed by atoms with van der Waals surface area (Å²) in [5, 5.41) is 8.69. The van der Waals surface area contributed by atoms with Crippen molar-refractivity contribution in [1.29, 1.82) is 0 Å². The lowest BCUT2D eigenvalue weighted by Crippen LogP contribution is -2.19. The molecule has 2 aromatic rings. The van der Waals surface area contributed by atoms with Gasteiger partial charge in [0.1, 0.15) is 0 Å². The molecule has 4 heteroatoms. The van der Waals surface area contributed by atoms with Gasteiger partial charge in [0.25, 0.3) is 0 Å². The van der Waals surface area contributed by atoms with Crippen LogP contribution in [0, 0.1) is 13.8 Å². The van der Waals surface area contributed by atoms with Crippen LogP contribution < -0.4 is 5.32 Å². The summed E-state index contributed by atoms with van der Waals surface area (Å²) in [5.74, 6) is 0. The van der Waals surface area contributed by atoms with Gasteiger partial charge in [-0.15, -0.1) is 0 Å². The maximum absolute atomic E-state index is 6.43. The van der Waals surface area contributed by atoms with Gasteiger partial charge in [-0.3, -0.25) is 0 Å². The molecule has 0 amide bonds. The lowest BCUT2D eigenvalue weighted by molar-refractivity contribution is 0.570. The molecule has 20 heavy (non-hydrogen) atoms. The number of nitrogens with zero attached hydrogens (tertiary/aromatic N) is 2. The SMILES string of the molecule is CCCNC(C)c1ccc(-n2nc(C)cc2C)c(Cl)c1. The van der Waals surface area contributed by atoms with Crippen LogP contribution in [0.4, 0.5) is 0 Å². The van der Waals surface area contributed by atoms with Gasteiger partial charge in [0.05, 0.1) is 16.4 Å². The largest absolute Gasteiger partial charge is 0.310 e. The quantitative estimate of drug-likeness (QED) is 0.894. The summed E-state index contributed by atoms with van der Waals surface area (Å²) in [7, 11) is 0. The first-order valence-corrected chi connectivity index (χ1v) is 7.47. The van der Waals surface area contributed by atoms with Crippen LogP contribution in [0.1, 0.15) is 43.3 Å². The maximum Gasteiger partial charge on any atom is 0.0835 e. The van der Waals surface area contributed by atoms with Crippen LogP contribution in [0.15, 0.2) is 24.3 Å². The standard InChI is InChI=1S/C16H22ClN3/c1-5-8-18-13(4)14-6-7-16(15(17)10-14)20-12(3)9-11(2)19-20/h6-7,9-10,13,18H,5,8H2,1-4H3. The second kappa shape index (κ2) is 6.42. The Morgan fingerprint density at radius 2 is 2.05 bits per heavy atom. The molecule has 0 saturated heterocycles. The predicted octanol–water partition coefficient (Wildman–Crippen LogP) is 4.20. The van der Waals surface area contributed by atoms with Crippen LogP contribution in [-0.4, -0.2) is 16.3 Å². The average Bonchev–Trinajstić information content (AvgIpc) is 2.74. The van der Waals surface area contributed by atoms with Gasteiger partial charge in [-0.05, 0) is 57.5 Å². The maximum atomic E-state index is 6.43.